The van der Waals surface area contributed by atoms with E-state index in [-0.39, 0.29) is 28.4 Å². The zero-order valence-electron chi connectivity index (χ0n) is 15.2. The van der Waals surface area contributed by atoms with Gasteiger partial charge in [-0.25, -0.2) is 17.9 Å². The van der Waals surface area contributed by atoms with Crippen molar-refractivity contribution in [2.45, 2.75) is 18.4 Å². The van der Waals surface area contributed by atoms with Gasteiger partial charge in [-0.2, -0.15) is 4.99 Å². The first-order valence-electron chi connectivity index (χ1n) is 8.36. The highest BCUT2D eigenvalue weighted by atomic mass is 32.2. The first-order valence-corrected chi connectivity index (χ1v) is 10.7. The second-order valence-corrected chi connectivity index (χ2v) is 8.42. The van der Waals surface area contributed by atoms with Crippen molar-refractivity contribution in [1.82, 2.24) is 4.57 Å². The highest BCUT2D eigenvalue weighted by Crippen LogP contribution is 2.21. The SMILES string of the molecule is CCOC(=O)Cn1c(=NC(=O)c2ccccc2F)sc2cc(S(N)(=O)=O)ccc21. The smallest absolute Gasteiger partial charge is 0.326 e. The van der Waals surface area contributed by atoms with E-state index in [1.165, 1.54) is 41.0 Å². The Morgan fingerprint density at radius 3 is 2.62 bits per heavy atom. The molecule has 0 aliphatic carbocycles. The maximum Gasteiger partial charge on any atom is 0.326 e. The number of nitrogens with zero attached hydrogens (tertiary/aromatic N) is 2. The average molecular weight is 437 g/mol. The van der Waals surface area contributed by atoms with Crippen LogP contribution in [0, 0.1) is 5.82 Å². The molecule has 1 heterocycles. The number of fused-ring (bicyclic) bond motifs is 1. The van der Waals surface area contributed by atoms with E-state index < -0.39 is 27.7 Å². The minimum atomic E-state index is -3.94. The number of esters is 1. The Morgan fingerprint density at radius 2 is 1.97 bits per heavy atom. The normalized spacial score (nSPS) is 12.3. The second kappa shape index (κ2) is 8.23. The Kier molecular flexibility index (Phi) is 5.91. The average Bonchev–Trinajstić information content (AvgIpc) is 2.98. The van der Waals surface area contributed by atoms with Crippen LogP contribution in [0.5, 0.6) is 0 Å². The molecule has 1 amide bonds. The molecule has 11 heteroatoms. The molecule has 0 aliphatic heterocycles. The number of hydrogen-bond donors (Lipinski definition) is 1. The lowest BCUT2D eigenvalue weighted by Crippen LogP contribution is -2.23. The lowest BCUT2D eigenvalue weighted by Gasteiger charge is -2.05. The summed E-state index contributed by atoms with van der Waals surface area (Å²) < 4.78 is 43.9. The van der Waals surface area contributed by atoms with Crippen LogP contribution in [0.2, 0.25) is 0 Å². The standard InChI is InChI=1S/C18H16FN3O5S2/c1-2-27-16(23)10-22-14-8-7-11(29(20,25)26)9-15(14)28-18(22)21-17(24)12-5-3-4-6-13(12)19/h3-9H,2,10H2,1H3,(H2,20,25,26). The zero-order chi connectivity index (χ0) is 21.2. The Balaban J connectivity index is 2.19. The van der Waals surface area contributed by atoms with Gasteiger partial charge in [0.05, 0.1) is 27.3 Å². The van der Waals surface area contributed by atoms with E-state index in [2.05, 4.69) is 4.99 Å². The maximum atomic E-state index is 13.9. The molecule has 0 aliphatic rings. The minimum Gasteiger partial charge on any atom is -0.465 e. The zero-order valence-corrected chi connectivity index (χ0v) is 16.8. The van der Waals surface area contributed by atoms with Gasteiger partial charge in [0.1, 0.15) is 12.4 Å². The van der Waals surface area contributed by atoms with Crippen molar-refractivity contribution in [2.75, 3.05) is 6.61 Å². The van der Waals surface area contributed by atoms with Gasteiger partial charge < -0.3 is 9.30 Å². The lowest BCUT2D eigenvalue weighted by atomic mass is 10.2. The summed E-state index contributed by atoms with van der Waals surface area (Å²) in [6.07, 6.45) is 0. The number of thiazole rings is 1. The predicted octanol–water partition coefficient (Wildman–Crippen LogP) is 1.79. The Hall–Kier alpha value is -2.89. The lowest BCUT2D eigenvalue weighted by molar-refractivity contribution is -0.143. The van der Waals surface area contributed by atoms with E-state index in [9.17, 15) is 22.4 Å². The van der Waals surface area contributed by atoms with E-state index >= 15 is 0 Å². The summed E-state index contributed by atoms with van der Waals surface area (Å²) in [5, 5.41) is 5.16. The van der Waals surface area contributed by atoms with Gasteiger partial charge in [-0.3, -0.25) is 9.59 Å². The fourth-order valence-electron chi connectivity index (χ4n) is 2.59. The van der Waals surface area contributed by atoms with Crippen molar-refractivity contribution in [3.05, 3.63) is 58.6 Å². The second-order valence-electron chi connectivity index (χ2n) is 5.85. The highest BCUT2D eigenvalue weighted by molar-refractivity contribution is 7.89. The van der Waals surface area contributed by atoms with Crippen LogP contribution in [0.25, 0.3) is 10.2 Å². The van der Waals surface area contributed by atoms with E-state index in [1.807, 2.05) is 0 Å². The molecule has 0 saturated heterocycles. The van der Waals surface area contributed by atoms with Gasteiger partial charge in [0.15, 0.2) is 4.80 Å². The Labute approximate surface area is 169 Å². The predicted molar refractivity (Wildman–Crippen MR) is 104 cm³/mol. The van der Waals surface area contributed by atoms with Crippen LogP contribution in [0.15, 0.2) is 52.4 Å². The molecule has 8 nitrogen and oxygen atoms in total. The summed E-state index contributed by atoms with van der Waals surface area (Å²) >= 11 is 0.968. The summed E-state index contributed by atoms with van der Waals surface area (Å²) in [5.41, 5.74) is 0.230. The van der Waals surface area contributed by atoms with Crippen molar-refractivity contribution >= 4 is 43.5 Å². The Bertz CT molecular complexity index is 1280. The number of aromatic nitrogens is 1. The molecule has 0 spiro atoms. The van der Waals surface area contributed by atoms with Gasteiger partial charge in [-0.1, -0.05) is 23.5 Å². The third kappa shape index (κ3) is 4.58. The minimum absolute atomic E-state index is 0.0906. The summed E-state index contributed by atoms with van der Waals surface area (Å²) in [4.78, 5) is 28.4. The quantitative estimate of drug-likeness (QED) is 0.610. The number of nitrogens with two attached hydrogens (primary N) is 1. The van der Waals surface area contributed by atoms with Crippen molar-refractivity contribution in [3.63, 3.8) is 0 Å². The van der Waals surface area contributed by atoms with Crippen LogP contribution >= 0.6 is 11.3 Å². The van der Waals surface area contributed by atoms with Crippen molar-refractivity contribution in [3.8, 4) is 0 Å². The first-order chi connectivity index (χ1) is 13.7. The molecule has 2 N–H and O–H groups in total. The number of hydrogen-bond acceptors (Lipinski definition) is 6. The van der Waals surface area contributed by atoms with Crippen LogP contribution in [0.3, 0.4) is 0 Å². The third-order valence-corrected chi connectivity index (χ3v) is 5.83. The van der Waals surface area contributed by atoms with E-state index in [4.69, 9.17) is 9.88 Å². The molecule has 152 valence electrons. The van der Waals surface area contributed by atoms with Crippen molar-refractivity contribution in [2.24, 2.45) is 10.1 Å². The van der Waals surface area contributed by atoms with Crippen molar-refractivity contribution < 1.29 is 27.1 Å². The van der Waals surface area contributed by atoms with Gasteiger partial charge in [0, 0.05) is 0 Å². The molecule has 0 saturated carbocycles. The molecule has 3 aromatic rings. The fraction of sp³-hybridized carbons (Fsp3) is 0.167. The molecule has 0 radical (unpaired) electrons. The number of primary sulfonamides is 1. The summed E-state index contributed by atoms with van der Waals surface area (Å²) in [6.45, 7) is 1.56. The van der Waals surface area contributed by atoms with E-state index in [0.717, 1.165) is 17.4 Å². The monoisotopic (exact) mass is 437 g/mol. The Morgan fingerprint density at radius 1 is 1.24 bits per heavy atom. The van der Waals surface area contributed by atoms with Crippen LogP contribution in [-0.4, -0.2) is 31.5 Å². The number of sulfonamides is 1. The highest BCUT2D eigenvalue weighted by Gasteiger charge is 2.16. The molecule has 0 fully saturated rings. The summed E-state index contributed by atoms with van der Waals surface area (Å²) in [6, 6.07) is 9.45. The molecule has 3 rings (SSSR count). The maximum absolute atomic E-state index is 13.9. The van der Waals surface area contributed by atoms with Crippen LogP contribution in [0.4, 0.5) is 4.39 Å². The number of benzene rings is 2. The first kappa shape index (κ1) is 20.8. The number of carbonyl (C=O) groups is 2. The molecule has 29 heavy (non-hydrogen) atoms. The number of rotatable bonds is 5. The van der Waals surface area contributed by atoms with Gasteiger partial charge in [0.25, 0.3) is 5.91 Å². The molecule has 2 aromatic carbocycles. The molecule has 0 atom stereocenters. The molecule has 0 unspecified atom stereocenters. The topological polar surface area (TPSA) is 121 Å². The summed E-state index contributed by atoms with van der Waals surface area (Å²) in [5.74, 6) is -2.13. The third-order valence-electron chi connectivity index (χ3n) is 3.88. The number of amides is 1. The van der Waals surface area contributed by atoms with Gasteiger partial charge >= 0.3 is 5.97 Å². The van der Waals surface area contributed by atoms with Crippen LogP contribution in [0.1, 0.15) is 17.3 Å². The largest absolute Gasteiger partial charge is 0.465 e. The fourth-order valence-corrected chi connectivity index (χ4v) is 4.27. The number of ether oxygens (including phenoxy) is 1. The molecular formula is C18H16FN3O5S2. The van der Waals surface area contributed by atoms with Crippen molar-refractivity contribution in [1.29, 1.82) is 0 Å². The van der Waals surface area contributed by atoms with Gasteiger partial charge in [-0.05, 0) is 37.3 Å². The van der Waals surface area contributed by atoms with Crippen LogP contribution in [-0.2, 0) is 26.1 Å². The van der Waals surface area contributed by atoms with E-state index in [0.29, 0.717) is 10.2 Å². The van der Waals surface area contributed by atoms with Gasteiger partial charge in [-0.15, -0.1) is 0 Å². The molecule has 0 bridgehead atoms. The van der Waals surface area contributed by atoms with Gasteiger partial charge in [0.2, 0.25) is 10.0 Å². The van der Waals surface area contributed by atoms with E-state index in [1.54, 1.807) is 6.92 Å². The molecular weight excluding hydrogens is 421 g/mol. The summed E-state index contributed by atoms with van der Waals surface area (Å²) in [7, 11) is -3.94. The van der Waals surface area contributed by atoms with Crippen LogP contribution < -0.4 is 9.94 Å². The number of carbonyl (C=O) groups excluding carboxylic acids is 2. The molecule has 1 aromatic heterocycles. The number of halogens is 1.